The largest absolute Gasteiger partial charge is 0.464 e. The zero-order valence-corrected chi connectivity index (χ0v) is 10.1. The third-order valence-corrected chi connectivity index (χ3v) is 3.52. The summed E-state index contributed by atoms with van der Waals surface area (Å²) < 4.78 is 4.68. The molecule has 1 amide bonds. The van der Waals surface area contributed by atoms with E-state index in [0.717, 1.165) is 0 Å². The average Bonchev–Trinajstić information content (AvgIpc) is 2.50. The molecule has 2 aliphatic heterocycles. The summed E-state index contributed by atoms with van der Waals surface area (Å²) in [5.41, 5.74) is 0.418. The molecule has 1 fully saturated rings. The molecule has 3 atom stereocenters. The molecule has 0 radical (unpaired) electrons. The predicted octanol–water partition coefficient (Wildman–Crippen LogP) is 1.18. The van der Waals surface area contributed by atoms with E-state index in [1.807, 2.05) is 26.8 Å². The molecular formula is C12H17NO3. The Morgan fingerprint density at radius 1 is 1.50 bits per heavy atom. The van der Waals surface area contributed by atoms with E-state index in [1.165, 1.54) is 7.11 Å². The summed E-state index contributed by atoms with van der Waals surface area (Å²) in [6, 6.07) is 0.154. The van der Waals surface area contributed by atoms with Crippen LogP contribution in [0.25, 0.3) is 0 Å². The van der Waals surface area contributed by atoms with E-state index >= 15 is 0 Å². The Labute approximate surface area is 95.2 Å². The molecule has 0 saturated carbocycles. The number of esters is 1. The second-order valence-electron chi connectivity index (χ2n) is 4.87. The molecule has 16 heavy (non-hydrogen) atoms. The van der Waals surface area contributed by atoms with Gasteiger partial charge in [0.15, 0.2) is 0 Å². The number of hydrogen-bond acceptors (Lipinski definition) is 3. The van der Waals surface area contributed by atoms with E-state index in [4.69, 9.17) is 0 Å². The third kappa shape index (κ3) is 1.29. The van der Waals surface area contributed by atoms with Crippen molar-refractivity contribution in [3.05, 3.63) is 11.8 Å². The van der Waals surface area contributed by atoms with Crippen LogP contribution in [0.5, 0.6) is 0 Å². The third-order valence-electron chi connectivity index (χ3n) is 3.52. The second kappa shape index (κ2) is 3.61. The van der Waals surface area contributed by atoms with Crippen LogP contribution in [0.3, 0.4) is 0 Å². The Morgan fingerprint density at radius 3 is 2.62 bits per heavy atom. The van der Waals surface area contributed by atoms with E-state index in [2.05, 4.69) is 4.74 Å². The van der Waals surface area contributed by atoms with Gasteiger partial charge in [0.25, 0.3) is 0 Å². The minimum Gasteiger partial charge on any atom is -0.464 e. The standard InChI is InChI=1S/C12H17NO3/c1-6(2)9-10-7(3)5-8(12(15)16-4)13(10)11(9)14/h5-7,9-10H,1-4H3/t7-,9?,10?/m0/s1. The van der Waals surface area contributed by atoms with E-state index < -0.39 is 5.97 Å². The van der Waals surface area contributed by atoms with Crippen molar-refractivity contribution in [3.8, 4) is 0 Å². The lowest BCUT2D eigenvalue weighted by molar-refractivity contribution is -0.160. The van der Waals surface area contributed by atoms with Gasteiger partial charge in [-0.3, -0.25) is 4.79 Å². The topological polar surface area (TPSA) is 46.6 Å². The van der Waals surface area contributed by atoms with Crippen LogP contribution in [0, 0.1) is 17.8 Å². The number of carbonyl (C=O) groups excluding carboxylic acids is 2. The molecule has 0 aromatic rings. The molecule has 2 heterocycles. The summed E-state index contributed by atoms with van der Waals surface area (Å²) in [6.45, 7) is 6.13. The summed E-state index contributed by atoms with van der Waals surface area (Å²) in [5, 5.41) is 0. The van der Waals surface area contributed by atoms with Crippen molar-refractivity contribution in [1.29, 1.82) is 0 Å². The van der Waals surface area contributed by atoms with Crippen molar-refractivity contribution < 1.29 is 14.3 Å². The number of ether oxygens (including phenoxy) is 1. The first-order chi connectivity index (χ1) is 7.49. The van der Waals surface area contributed by atoms with Gasteiger partial charge in [0.2, 0.25) is 5.91 Å². The minimum absolute atomic E-state index is 0.0495. The molecule has 0 aliphatic carbocycles. The number of fused-ring (bicyclic) bond motifs is 1. The summed E-state index contributed by atoms with van der Waals surface area (Å²) in [7, 11) is 1.34. The number of hydrogen-bond donors (Lipinski definition) is 0. The molecule has 4 nitrogen and oxygen atoms in total. The fraction of sp³-hybridized carbons (Fsp3) is 0.667. The van der Waals surface area contributed by atoms with Crippen LogP contribution >= 0.6 is 0 Å². The molecular weight excluding hydrogens is 206 g/mol. The number of carbonyl (C=O) groups is 2. The highest BCUT2D eigenvalue weighted by atomic mass is 16.5. The number of nitrogens with zero attached hydrogens (tertiary/aromatic N) is 1. The summed E-state index contributed by atoms with van der Waals surface area (Å²) in [5.74, 6) is 0.250. The van der Waals surface area contributed by atoms with Crippen molar-refractivity contribution in [2.24, 2.45) is 17.8 Å². The lowest BCUT2D eigenvalue weighted by atomic mass is 9.76. The van der Waals surface area contributed by atoms with Crippen LogP contribution in [0.1, 0.15) is 20.8 Å². The van der Waals surface area contributed by atoms with Gasteiger partial charge < -0.3 is 9.64 Å². The first-order valence-corrected chi connectivity index (χ1v) is 5.62. The van der Waals surface area contributed by atoms with Crippen molar-refractivity contribution in [2.45, 2.75) is 26.8 Å². The number of methoxy groups -OCH3 is 1. The molecule has 88 valence electrons. The fourth-order valence-electron chi connectivity index (χ4n) is 2.75. The Kier molecular flexibility index (Phi) is 2.52. The quantitative estimate of drug-likeness (QED) is 0.521. The monoisotopic (exact) mass is 223 g/mol. The van der Waals surface area contributed by atoms with Gasteiger partial charge in [0.05, 0.1) is 19.1 Å². The van der Waals surface area contributed by atoms with E-state index in [-0.39, 0.29) is 23.8 Å². The molecule has 0 aromatic heterocycles. The van der Waals surface area contributed by atoms with Gasteiger partial charge in [-0.05, 0) is 17.9 Å². The normalized spacial score (nSPS) is 32.3. The molecule has 2 unspecified atom stereocenters. The van der Waals surface area contributed by atoms with Gasteiger partial charge in [-0.25, -0.2) is 4.79 Å². The highest BCUT2D eigenvalue weighted by Gasteiger charge is 2.56. The Balaban J connectivity index is 2.23. The molecule has 0 aromatic carbocycles. The molecule has 0 bridgehead atoms. The Bertz CT molecular complexity index is 372. The lowest BCUT2D eigenvalue weighted by Gasteiger charge is -2.47. The SMILES string of the molecule is COC(=O)C1=C[C@H](C)C2C(C(C)C)C(=O)N12. The van der Waals surface area contributed by atoms with Crippen molar-refractivity contribution in [2.75, 3.05) is 7.11 Å². The molecule has 0 spiro atoms. The second-order valence-corrected chi connectivity index (χ2v) is 4.87. The van der Waals surface area contributed by atoms with Crippen LogP contribution in [0.2, 0.25) is 0 Å². The van der Waals surface area contributed by atoms with Crippen molar-refractivity contribution >= 4 is 11.9 Å². The summed E-state index contributed by atoms with van der Waals surface area (Å²) in [4.78, 5) is 25.0. The Hall–Kier alpha value is -1.32. The van der Waals surface area contributed by atoms with Gasteiger partial charge >= 0.3 is 5.97 Å². The van der Waals surface area contributed by atoms with Crippen LogP contribution in [-0.4, -0.2) is 29.9 Å². The number of rotatable bonds is 2. The Morgan fingerprint density at radius 2 is 2.12 bits per heavy atom. The van der Waals surface area contributed by atoms with Gasteiger partial charge in [0, 0.05) is 0 Å². The summed E-state index contributed by atoms with van der Waals surface area (Å²) >= 11 is 0. The molecule has 4 heteroatoms. The van der Waals surface area contributed by atoms with Gasteiger partial charge in [-0.15, -0.1) is 0 Å². The fourth-order valence-corrected chi connectivity index (χ4v) is 2.75. The maximum atomic E-state index is 11.9. The van der Waals surface area contributed by atoms with E-state index in [0.29, 0.717) is 11.6 Å². The summed E-state index contributed by atoms with van der Waals surface area (Å²) in [6.07, 6.45) is 1.84. The number of β-lactam (4-membered cyclic amide) rings is 1. The maximum absolute atomic E-state index is 11.9. The van der Waals surface area contributed by atoms with Crippen LogP contribution in [-0.2, 0) is 14.3 Å². The molecule has 2 rings (SSSR count). The zero-order valence-electron chi connectivity index (χ0n) is 10.1. The van der Waals surface area contributed by atoms with Crippen LogP contribution in [0.15, 0.2) is 11.8 Å². The van der Waals surface area contributed by atoms with Crippen LogP contribution < -0.4 is 0 Å². The first kappa shape index (κ1) is 11.2. The van der Waals surface area contributed by atoms with Gasteiger partial charge in [-0.1, -0.05) is 20.8 Å². The average molecular weight is 223 g/mol. The van der Waals surface area contributed by atoms with E-state index in [9.17, 15) is 9.59 Å². The van der Waals surface area contributed by atoms with Gasteiger partial charge in [0.1, 0.15) is 5.70 Å². The first-order valence-electron chi connectivity index (χ1n) is 5.62. The van der Waals surface area contributed by atoms with E-state index in [1.54, 1.807) is 4.90 Å². The van der Waals surface area contributed by atoms with Gasteiger partial charge in [-0.2, -0.15) is 0 Å². The minimum atomic E-state index is -0.412. The van der Waals surface area contributed by atoms with Crippen LogP contribution in [0.4, 0.5) is 0 Å². The molecule has 1 saturated heterocycles. The highest BCUT2D eigenvalue weighted by Crippen LogP contribution is 2.44. The predicted molar refractivity (Wildman–Crippen MR) is 58.2 cm³/mol. The zero-order chi connectivity index (χ0) is 12.0. The smallest absolute Gasteiger partial charge is 0.354 e. The molecule has 0 N–H and O–H groups in total. The lowest BCUT2D eigenvalue weighted by Crippen LogP contribution is -2.62. The van der Waals surface area contributed by atoms with Crippen molar-refractivity contribution in [3.63, 3.8) is 0 Å². The maximum Gasteiger partial charge on any atom is 0.354 e. The number of amides is 1. The van der Waals surface area contributed by atoms with Crippen molar-refractivity contribution in [1.82, 2.24) is 4.90 Å². The molecule has 2 aliphatic rings. The highest BCUT2D eigenvalue weighted by molar-refractivity contribution is 5.99.